The molecule has 26 heavy (non-hydrogen) atoms. The third-order valence-electron chi connectivity index (χ3n) is 5.02. The van der Waals surface area contributed by atoms with Crippen LogP contribution in [0, 0.1) is 12.8 Å². The minimum Gasteiger partial charge on any atom is -0.337 e. The van der Waals surface area contributed by atoms with Gasteiger partial charge in [-0.25, -0.2) is 4.98 Å². The van der Waals surface area contributed by atoms with Crippen molar-refractivity contribution in [3.63, 3.8) is 0 Å². The fourth-order valence-corrected chi connectivity index (χ4v) is 4.64. The number of amides is 1. The van der Waals surface area contributed by atoms with Gasteiger partial charge in [0.25, 0.3) is 5.91 Å². The van der Waals surface area contributed by atoms with Gasteiger partial charge < -0.3 is 9.47 Å². The van der Waals surface area contributed by atoms with E-state index in [-0.39, 0.29) is 11.8 Å². The zero-order valence-electron chi connectivity index (χ0n) is 15.5. The first-order chi connectivity index (χ1) is 12.5. The molecule has 1 aliphatic rings. The maximum atomic E-state index is 12.8. The normalized spacial score (nSPS) is 17.5. The lowest BCUT2D eigenvalue weighted by Crippen LogP contribution is -2.28. The Morgan fingerprint density at radius 1 is 1.38 bits per heavy atom. The van der Waals surface area contributed by atoms with E-state index in [0.29, 0.717) is 5.92 Å². The van der Waals surface area contributed by atoms with Crippen molar-refractivity contribution in [1.29, 1.82) is 0 Å². The van der Waals surface area contributed by atoms with E-state index < -0.39 is 0 Å². The summed E-state index contributed by atoms with van der Waals surface area (Å²) in [4.78, 5) is 24.9. The highest BCUT2D eigenvalue weighted by molar-refractivity contribution is 7.12. The Morgan fingerprint density at radius 3 is 2.96 bits per heavy atom. The minimum absolute atomic E-state index is 0.160. The molecular weight excluding hydrogens is 344 g/mol. The van der Waals surface area contributed by atoms with Gasteiger partial charge in [0, 0.05) is 31.7 Å². The Bertz CT molecular complexity index is 942. The van der Waals surface area contributed by atoms with Crippen molar-refractivity contribution in [1.82, 2.24) is 19.4 Å². The number of hydrogen-bond donors (Lipinski definition) is 0. The van der Waals surface area contributed by atoms with Gasteiger partial charge in [0.05, 0.1) is 22.1 Å². The van der Waals surface area contributed by atoms with Gasteiger partial charge >= 0.3 is 0 Å². The lowest BCUT2D eigenvalue weighted by Gasteiger charge is -2.18. The van der Waals surface area contributed by atoms with Gasteiger partial charge in [-0.2, -0.15) is 0 Å². The van der Waals surface area contributed by atoms with Crippen LogP contribution in [-0.2, 0) is 6.54 Å². The molecule has 3 aromatic rings. The lowest BCUT2D eigenvalue weighted by atomic mass is 10.1. The average Bonchev–Trinajstić information content (AvgIpc) is 3.33. The number of nitrogens with zero attached hydrogens (tertiary/aromatic N) is 4. The number of pyridine rings is 1. The largest absolute Gasteiger partial charge is 0.337 e. The number of carbonyl (C=O) groups excluding carboxylic acids is 1. The van der Waals surface area contributed by atoms with Gasteiger partial charge in [-0.05, 0) is 42.3 Å². The number of thiophene rings is 1. The van der Waals surface area contributed by atoms with E-state index in [1.165, 1.54) is 11.3 Å². The first kappa shape index (κ1) is 17.2. The van der Waals surface area contributed by atoms with E-state index in [1.54, 1.807) is 6.20 Å². The third kappa shape index (κ3) is 3.03. The summed E-state index contributed by atoms with van der Waals surface area (Å²) in [6.45, 7) is 8.90. The average molecular weight is 369 g/mol. The minimum atomic E-state index is 0.160. The molecule has 1 fully saturated rings. The van der Waals surface area contributed by atoms with E-state index in [9.17, 15) is 4.79 Å². The van der Waals surface area contributed by atoms with Crippen LogP contribution in [0.3, 0.4) is 0 Å². The number of fused-ring (bicyclic) bond motifs is 1. The molecule has 0 N–H and O–H groups in total. The van der Waals surface area contributed by atoms with Crippen LogP contribution in [0.25, 0.3) is 11.0 Å². The van der Waals surface area contributed by atoms with E-state index in [1.807, 2.05) is 35.5 Å². The maximum Gasteiger partial charge on any atom is 0.264 e. The van der Waals surface area contributed by atoms with Crippen molar-refractivity contribution in [2.24, 2.45) is 5.92 Å². The first-order valence-corrected chi connectivity index (χ1v) is 10.1. The molecule has 0 radical (unpaired) electrons. The molecule has 4 rings (SSSR count). The van der Waals surface area contributed by atoms with Crippen LogP contribution in [0.2, 0.25) is 0 Å². The Kier molecular flexibility index (Phi) is 4.53. The quantitative estimate of drug-likeness (QED) is 0.697. The summed E-state index contributed by atoms with van der Waals surface area (Å²) in [5, 5.41) is 1.99. The van der Waals surface area contributed by atoms with Crippen LogP contribution in [0.5, 0.6) is 0 Å². The van der Waals surface area contributed by atoms with Crippen molar-refractivity contribution >= 4 is 28.3 Å². The fraction of sp³-hybridized carbons (Fsp3) is 0.450. The Balaban J connectivity index is 1.62. The highest BCUT2D eigenvalue weighted by atomic mass is 32.1. The molecular formula is C20H24N4OS. The van der Waals surface area contributed by atoms with Gasteiger partial charge in [-0.3, -0.25) is 9.78 Å². The summed E-state index contributed by atoms with van der Waals surface area (Å²) in [5.74, 6) is 2.07. The van der Waals surface area contributed by atoms with Crippen LogP contribution < -0.4 is 0 Å². The van der Waals surface area contributed by atoms with Crippen LogP contribution >= 0.6 is 11.3 Å². The predicted molar refractivity (Wildman–Crippen MR) is 105 cm³/mol. The van der Waals surface area contributed by atoms with Gasteiger partial charge in [-0.1, -0.05) is 13.8 Å². The molecule has 0 saturated carbocycles. The van der Waals surface area contributed by atoms with Crippen molar-refractivity contribution in [2.45, 2.75) is 39.7 Å². The number of imidazole rings is 1. The zero-order valence-corrected chi connectivity index (χ0v) is 16.3. The molecule has 3 aromatic heterocycles. The van der Waals surface area contributed by atoms with Crippen molar-refractivity contribution in [3.8, 4) is 0 Å². The second-order valence-electron chi connectivity index (χ2n) is 7.51. The van der Waals surface area contributed by atoms with E-state index in [0.717, 1.165) is 53.4 Å². The number of hydrogen-bond acceptors (Lipinski definition) is 4. The molecule has 1 amide bonds. The summed E-state index contributed by atoms with van der Waals surface area (Å²) < 4.78 is 2.31. The van der Waals surface area contributed by atoms with Crippen molar-refractivity contribution < 1.29 is 4.79 Å². The monoisotopic (exact) mass is 368 g/mol. The summed E-state index contributed by atoms with van der Waals surface area (Å²) in [5.41, 5.74) is 3.16. The Hall–Kier alpha value is -2.21. The smallest absolute Gasteiger partial charge is 0.264 e. The van der Waals surface area contributed by atoms with E-state index in [4.69, 9.17) is 4.98 Å². The summed E-state index contributed by atoms with van der Waals surface area (Å²) in [6, 6.07) is 3.99. The fourth-order valence-electron chi connectivity index (χ4n) is 3.75. The number of likely N-dealkylation sites (tertiary alicyclic amines) is 1. The summed E-state index contributed by atoms with van der Waals surface area (Å²) >= 11 is 1.54. The number of aryl methyl sites for hydroxylation is 1. The third-order valence-corrected chi connectivity index (χ3v) is 6.03. The highest BCUT2D eigenvalue weighted by Gasteiger charge is 2.32. The molecule has 6 heteroatoms. The Morgan fingerprint density at radius 2 is 2.23 bits per heavy atom. The highest BCUT2D eigenvalue weighted by Crippen LogP contribution is 2.31. The second kappa shape index (κ2) is 6.83. The van der Waals surface area contributed by atoms with Crippen LogP contribution in [0.15, 0.2) is 29.9 Å². The standard InChI is InChI=1S/C20H24N4OS/c1-13(2)11-24-17-10-21-7-4-16(17)22-19(24)15-5-8-23(12-15)20(25)18-14(3)6-9-26-18/h4,6-7,9-10,13,15H,5,8,11-12H2,1-3H3/t15-/m1/s1. The van der Waals surface area contributed by atoms with Gasteiger partial charge in [0.2, 0.25) is 0 Å². The summed E-state index contributed by atoms with van der Waals surface area (Å²) in [7, 11) is 0. The topological polar surface area (TPSA) is 51.0 Å². The molecule has 0 bridgehead atoms. The van der Waals surface area contributed by atoms with Gasteiger partial charge in [-0.15, -0.1) is 11.3 Å². The van der Waals surface area contributed by atoms with Crippen molar-refractivity contribution in [2.75, 3.05) is 13.1 Å². The van der Waals surface area contributed by atoms with Crippen LogP contribution in [0.4, 0.5) is 0 Å². The van der Waals surface area contributed by atoms with Gasteiger partial charge in [0.1, 0.15) is 5.82 Å². The molecule has 1 saturated heterocycles. The molecule has 1 aliphatic heterocycles. The second-order valence-corrected chi connectivity index (χ2v) is 8.42. The molecule has 0 unspecified atom stereocenters. The number of rotatable bonds is 4. The molecule has 136 valence electrons. The predicted octanol–water partition coefficient (Wildman–Crippen LogP) is 4.09. The molecule has 4 heterocycles. The van der Waals surface area contributed by atoms with Gasteiger partial charge in [0.15, 0.2) is 0 Å². The van der Waals surface area contributed by atoms with Crippen molar-refractivity contribution in [3.05, 3.63) is 46.2 Å². The zero-order chi connectivity index (χ0) is 18.3. The van der Waals surface area contributed by atoms with E-state index >= 15 is 0 Å². The lowest BCUT2D eigenvalue weighted by molar-refractivity contribution is 0.0794. The molecule has 5 nitrogen and oxygen atoms in total. The Labute approximate surface area is 157 Å². The van der Waals surface area contributed by atoms with Crippen LogP contribution in [-0.4, -0.2) is 38.4 Å². The molecule has 0 aromatic carbocycles. The number of aromatic nitrogens is 3. The SMILES string of the molecule is Cc1ccsc1C(=O)N1CC[C@@H](c2nc3ccncc3n2CC(C)C)C1. The first-order valence-electron chi connectivity index (χ1n) is 9.18. The molecule has 0 aliphatic carbocycles. The molecule has 1 atom stereocenters. The van der Waals surface area contributed by atoms with E-state index in [2.05, 4.69) is 23.4 Å². The summed E-state index contributed by atoms with van der Waals surface area (Å²) in [6.07, 6.45) is 4.66. The molecule has 0 spiro atoms. The maximum absolute atomic E-state index is 12.8. The number of carbonyl (C=O) groups is 1. The van der Waals surface area contributed by atoms with Crippen LogP contribution in [0.1, 0.15) is 47.2 Å².